The number of nitrogens with one attached hydrogen (secondary N) is 1. The molecule has 1 aromatic heterocycles. The van der Waals surface area contributed by atoms with Crippen LogP contribution < -0.4 is 5.32 Å². The van der Waals surface area contributed by atoms with Crippen molar-refractivity contribution in [3.05, 3.63) is 50.9 Å². The summed E-state index contributed by atoms with van der Waals surface area (Å²) in [7, 11) is 0. The zero-order valence-electron chi connectivity index (χ0n) is 8.86. The summed E-state index contributed by atoms with van der Waals surface area (Å²) in [6, 6.07) is 8.55. The van der Waals surface area contributed by atoms with E-state index in [2.05, 4.69) is 21.2 Å². The van der Waals surface area contributed by atoms with Gasteiger partial charge in [-0.25, -0.2) is 4.39 Å². The molecule has 2 aromatic rings. The maximum Gasteiger partial charge on any atom is 0.139 e. The Hall–Kier alpha value is -0.910. The van der Waals surface area contributed by atoms with Crippen LogP contribution in [0.1, 0.15) is 11.0 Å². The normalized spacial score (nSPS) is 12.4. The molecule has 2 rings (SSSR count). The molecule has 0 aliphatic heterocycles. The summed E-state index contributed by atoms with van der Waals surface area (Å²) in [6.45, 7) is 0.363. The second kappa shape index (κ2) is 5.62. The molecule has 1 atom stereocenters. The van der Waals surface area contributed by atoms with Gasteiger partial charge in [-0.15, -0.1) is 11.3 Å². The van der Waals surface area contributed by atoms with Gasteiger partial charge in [0.2, 0.25) is 0 Å². The zero-order chi connectivity index (χ0) is 12.3. The van der Waals surface area contributed by atoms with Gasteiger partial charge < -0.3 is 10.4 Å². The van der Waals surface area contributed by atoms with Crippen molar-refractivity contribution in [2.45, 2.75) is 6.10 Å². The van der Waals surface area contributed by atoms with Crippen LogP contribution >= 0.6 is 27.3 Å². The largest absolute Gasteiger partial charge is 0.386 e. The van der Waals surface area contributed by atoms with Gasteiger partial charge in [0.25, 0.3) is 0 Å². The molecular weight excluding hydrogens is 305 g/mol. The van der Waals surface area contributed by atoms with Crippen molar-refractivity contribution in [2.75, 3.05) is 11.9 Å². The molecule has 1 aromatic carbocycles. The highest BCUT2D eigenvalue weighted by molar-refractivity contribution is 9.10. The lowest BCUT2D eigenvalue weighted by atomic mass is 10.2. The summed E-state index contributed by atoms with van der Waals surface area (Å²) in [6.07, 6.45) is -0.568. The SMILES string of the molecule is OC(CNc1ccc(Br)c(F)c1)c1cccs1. The topological polar surface area (TPSA) is 32.3 Å². The molecule has 5 heteroatoms. The maximum absolute atomic E-state index is 13.2. The predicted molar refractivity (Wildman–Crippen MR) is 71.9 cm³/mol. The molecule has 90 valence electrons. The molecule has 0 saturated heterocycles. The number of hydrogen-bond acceptors (Lipinski definition) is 3. The molecule has 0 amide bonds. The van der Waals surface area contributed by atoms with Gasteiger partial charge in [0.1, 0.15) is 11.9 Å². The highest BCUT2D eigenvalue weighted by atomic mass is 79.9. The van der Waals surface area contributed by atoms with E-state index in [9.17, 15) is 9.50 Å². The predicted octanol–water partition coefficient (Wildman–Crippen LogP) is 3.80. The molecule has 0 saturated carbocycles. The highest BCUT2D eigenvalue weighted by Gasteiger charge is 2.08. The number of aliphatic hydroxyl groups excluding tert-OH is 1. The van der Waals surface area contributed by atoms with E-state index in [0.717, 1.165) is 4.88 Å². The van der Waals surface area contributed by atoms with Gasteiger partial charge in [0.15, 0.2) is 0 Å². The third-order valence-corrected chi connectivity index (χ3v) is 3.91. The molecule has 1 unspecified atom stereocenters. The van der Waals surface area contributed by atoms with E-state index >= 15 is 0 Å². The first-order valence-electron chi connectivity index (χ1n) is 5.07. The Bertz CT molecular complexity index is 489. The average Bonchev–Trinajstić information content (AvgIpc) is 2.84. The van der Waals surface area contributed by atoms with Crippen LogP contribution in [0.5, 0.6) is 0 Å². The van der Waals surface area contributed by atoms with Crippen LogP contribution in [0.4, 0.5) is 10.1 Å². The van der Waals surface area contributed by atoms with Crippen molar-refractivity contribution in [1.29, 1.82) is 0 Å². The molecule has 2 nitrogen and oxygen atoms in total. The first kappa shape index (κ1) is 12.5. The van der Waals surface area contributed by atoms with Crippen molar-refractivity contribution in [3.8, 4) is 0 Å². The minimum absolute atomic E-state index is 0.319. The van der Waals surface area contributed by atoms with E-state index in [1.807, 2.05) is 17.5 Å². The summed E-state index contributed by atoms with van der Waals surface area (Å²) >= 11 is 4.59. The smallest absolute Gasteiger partial charge is 0.139 e. The quantitative estimate of drug-likeness (QED) is 0.899. The van der Waals surface area contributed by atoms with Crippen LogP contribution in [0.25, 0.3) is 0 Å². The summed E-state index contributed by atoms with van der Waals surface area (Å²) in [5.74, 6) is -0.319. The van der Waals surface area contributed by atoms with Gasteiger partial charge in [-0.05, 0) is 45.6 Å². The van der Waals surface area contributed by atoms with Crippen molar-refractivity contribution < 1.29 is 9.50 Å². The van der Waals surface area contributed by atoms with E-state index < -0.39 is 6.10 Å². The van der Waals surface area contributed by atoms with Gasteiger partial charge in [0.05, 0.1) is 4.47 Å². The third kappa shape index (κ3) is 3.28. The lowest BCUT2D eigenvalue weighted by molar-refractivity contribution is 0.195. The molecule has 0 aliphatic rings. The molecule has 0 bridgehead atoms. The molecule has 0 spiro atoms. The van der Waals surface area contributed by atoms with Crippen LogP contribution in [-0.2, 0) is 0 Å². The second-order valence-corrected chi connectivity index (χ2v) is 5.37. The second-order valence-electron chi connectivity index (χ2n) is 3.54. The van der Waals surface area contributed by atoms with Crippen LogP contribution in [-0.4, -0.2) is 11.7 Å². The Morgan fingerprint density at radius 2 is 2.24 bits per heavy atom. The van der Waals surface area contributed by atoms with Crippen molar-refractivity contribution in [3.63, 3.8) is 0 Å². The fourth-order valence-electron chi connectivity index (χ4n) is 1.40. The molecule has 1 heterocycles. The lowest BCUT2D eigenvalue weighted by Gasteiger charge is -2.11. The van der Waals surface area contributed by atoms with Crippen molar-refractivity contribution in [2.24, 2.45) is 0 Å². The lowest BCUT2D eigenvalue weighted by Crippen LogP contribution is -2.11. The molecule has 0 fully saturated rings. The van der Waals surface area contributed by atoms with E-state index in [0.29, 0.717) is 16.7 Å². The fraction of sp³-hybridized carbons (Fsp3) is 0.167. The number of hydrogen-bond donors (Lipinski definition) is 2. The Labute approximate surface area is 111 Å². The van der Waals surface area contributed by atoms with E-state index in [-0.39, 0.29) is 5.82 Å². The van der Waals surface area contributed by atoms with E-state index in [4.69, 9.17) is 0 Å². The molecule has 2 N–H and O–H groups in total. The summed E-state index contributed by atoms with van der Waals surface area (Å²) in [5, 5.41) is 14.8. The van der Waals surface area contributed by atoms with Crippen LogP contribution in [0.3, 0.4) is 0 Å². The number of thiophene rings is 1. The first-order valence-corrected chi connectivity index (χ1v) is 6.74. The summed E-state index contributed by atoms with van der Waals surface area (Å²) < 4.78 is 13.7. The average molecular weight is 316 g/mol. The number of aliphatic hydroxyl groups is 1. The number of rotatable bonds is 4. The van der Waals surface area contributed by atoms with E-state index in [1.54, 1.807) is 12.1 Å². The fourth-order valence-corrected chi connectivity index (χ4v) is 2.36. The van der Waals surface area contributed by atoms with Crippen molar-refractivity contribution >= 4 is 33.0 Å². The standard InChI is InChI=1S/C12H11BrFNOS/c13-9-4-3-8(6-10(9)14)15-7-11(16)12-2-1-5-17-12/h1-6,11,15-16H,7H2. The summed E-state index contributed by atoms with van der Waals surface area (Å²) in [5.41, 5.74) is 0.654. The number of halogens is 2. The Kier molecular flexibility index (Phi) is 4.15. The van der Waals surface area contributed by atoms with E-state index in [1.165, 1.54) is 17.4 Å². The van der Waals surface area contributed by atoms with Crippen LogP contribution in [0.2, 0.25) is 0 Å². The minimum Gasteiger partial charge on any atom is -0.386 e. The zero-order valence-corrected chi connectivity index (χ0v) is 11.3. The maximum atomic E-state index is 13.2. The first-order chi connectivity index (χ1) is 8.16. The molecule has 0 aliphatic carbocycles. The van der Waals surface area contributed by atoms with Gasteiger partial charge in [-0.3, -0.25) is 0 Å². The van der Waals surface area contributed by atoms with Crippen LogP contribution in [0, 0.1) is 5.82 Å². The van der Waals surface area contributed by atoms with Crippen LogP contribution in [0.15, 0.2) is 40.2 Å². The Morgan fingerprint density at radius 3 is 2.88 bits per heavy atom. The van der Waals surface area contributed by atoms with Gasteiger partial charge in [0, 0.05) is 17.1 Å². The monoisotopic (exact) mass is 315 g/mol. The molecule has 17 heavy (non-hydrogen) atoms. The third-order valence-electron chi connectivity index (χ3n) is 2.29. The summed E-state index contributed by atoms with van der Waals surface area (Å²) in [4.78, 5) is 0.898. The molecule has 0 radical (unpaired) electrons. The number of benzene rings is 1. The Balaban J connectivity index is 1.96. The van der Waals surface area contributed by atoms with Crippen molar-refractivity contribution in [1.82, 2.24) is 0 Å². The minimum atomic E-state index is -0.568. The van der Waals surface area contributed by atoms with Gasteiger partial charge in [-0.1, -0.05) is 6.07 Å². The Morgan fingerprint density at radius 1 is 1.41 bits per heavy atom. The van der Waals surface area contributed by atoms with Gasteiger partial charge in [-0.2, -0.15) is 0 Å². The van der Waals surface area contributed by atoms with Gasteiger partial charge >= 0.3 is 0 Å². The molecular formula is C12H11BrFNOS. The highest BCUT2D eigenvalue weighted by Crippen LogP contribution is 2.22. The number of anilines is 1.